The Hall–Kier alpha value is -1.56. The summed E-state index contributed by atoms with van der Waals surface area (Å²) in [7, 11) is 1.16. The van der Waals surface area contributed by atoms with Crippen LogP contribution in [0.1, 0.15) is 33.7 Å². The number of halogens is 2. The second-order valence-corrected chi connectivity index (χ2v) is 3.16. The first-order chi connectivity index (χ1) is 7.51. The molecule has 0 saturated heterocycles. The molecule has 0 aromatic carbocycles. The molecule has 0 aliphatic rings. The van der Waals surface area contributed by atoms with Crippen LogP contribution in [0.5, 0.6) is 0 Å². The summed E-state index contributed by atoms with van der Waals surface area (Å²) >= 11 is 0. The first-order valence-electron chi connectivity index (χ1n) is 4.58. The van der Waals surface area contributed by atoms with E-state index in [0.717, 1.165) is 13.2 Å². The van der Waals surface area contributed by atoms with Crippen LogP contribution in [0, 0.1) is 6.92 Å². The third-order valence-corrected chi connectivity index (χ3v) is 2.20. The fourth-order valence-electron chi connectivity index (χ4n) is 1.39. The van der Waals surface area contributed by atoms with E-state index in [1.165, 1.54) is 6.92 Å². The number of methoxy groups -OCH3 is 1. The lowest BCUT2D eigenvalue weighted by Gasteiger charge is -2.11. The minimum atomic E-state index is -2.69. The summed E-state index contributed by atoms with van der Waals surface area (Å²) in [4.78, 5) is 15.0. The van der Waals surface area contributed by atoms with Gasteiger partial charge in [0.2, 0.25) is 0 Å². The van der Waals surface area contributed by atoms with Crippen LogP contribution < -0.4 is 5.73 Å². The van der Waals surface area contributed by atoms with Gasteiger partial charge >= 0.3 is 5.97 Å². The summed E-state index contributed by atoms with van der Waals surface area (Å²) < 4.78 is 29.8. The highest BCUT2D eigenvalue weighted by atomic mass is 19.3. The van der Waals surface area contributed by atoms with Crippen LogP contribution in [-0.2, 0) is 11.3 Å². The Morgan fingerprint density at radius 2 is 2.25 bits per heavy atom. The lowest BCUT2D eigenvalue weighted by atomic mass is 10.1. The molecule has 88 valence electrons. The van der Waals surface area contributed by atoms with Gasteiger partial charge in [-0.1, -0.05) is 0 Å². The van der Waals surface area contributed by atoms with Crippen LogP contribution in [0.2, 0.25) is 0 Å². The molecule has 0 radical (unpaired) electrons. The van der Waals surface area contributed by atoms with Gasteiger partial charge in [0.1, 0.15) is 5.69 Å². The van der Waals surface area contributed by atoms with Gasteiger partial charge in [-0.05, 0) is 18.6 Å². The van der Waals surface area contributed by atoms with E-state index in [4.69, 9.17) is 5.73 Å². The van der Waals surface area contributed by atoms with E-state index in [1.807, 2.05) is 0 Å². The largest absolute Gasteiger partial charge is 0.464 e. The van der Waals surface area contributed by atoms with Crippen molar-refractivity contribution in [2.24, 2.45) is 5.73 Å². The van der Waals surface area contributed by atoms with Crippen molar-refractivity contribution in [1.82, 2.24) is 4.98 Å². The maximum Gasteiger partial charge on any atom is 0.356 e. The summed E-state index contributed by atoms with van der Waals surface area (Å²) in [5.41, 5.74) is 5.54. The van der Waals surface area contributed by atoms with Crippen LogP contribution in [-0.4, -0.2) is 18.1 Å². The van der Waals surface area contributed by atoms with E-state index in [9.17, 15) is 13.6 Å². The summed E-state index contributed by atoms with van der Waals surface area (Å²) in [5.74, 6) is -0.742. The average molecular weight is 230 g/mol. The number of alkyl halides is 2. The Kier molecular flexibility index (Phi) is 3.89. The van der Waals surface area contributed by atoms with Crippen molar-refractivity contribution in [2.75, 3.05) is 7.11 Å². The first kappa shape index (κ1) is 12.5. The zero-order valence-electron chi connectivity index (χ0n) is 8.96. The maximum atomic E-state index is 12.7. The van der Waals surface area contributed by atoms with Gasteiger partial charge in [-0.15, -0.1) is 0 Å². The Bertz CT molecular complexity index is 408. The Morgan fingerprint density at radius 3 is 2.69 bits per heavy atom. The van der Waals surface area contributed by atoms with Gasteiger partial charge in [-0.25, -0.2) is 18.6 Å². The zero-order chi connectivity index (χ0) is 12.3. The zero-order valence-corrected chi connectivity index (χ0v) is 8.96. The minimum absolute atomic E-state index is 0.0417. The molecular weight excluding hydrogens is 218 g/mol. The minimum Gasteiger partial charge on any atom is -0.464 e. The summed E-state index contributed by atoms with van der Waals surface area (Å²) in [6, 6.07) is 1.02. The number of carbonyl (C=O) groups excluding carboxylic acids is 1. The van der Waals surface area contributed by atoms with Gasteiger partial charge in [-0.3, -0.25) is 0 Å². The number of hydrogen-bond acceptors (Lipinski definition) is 4. The smallest absolute Gasteiger partial charge is 0.356 e. The Labute approximate surface area is 91.4 Å². The molecule has 0 aliphatic carbocycles. The highest BCUT2D eigenvalue weighted by molar-refractivity contribution is 5.87. The standard InChI is InChI=1S/C10H12F2N2O2/c1-5-7(4-13)6(9(11)12)3-8(14-5)10(15)16-2/h3,9H,4,13H2,1-2H3. The number of esters is 1. The summed E-state index contributed by atoms with van der Waals surface area (Å²) in [5, 5.41) is 0. The van der Waals surface area contributed by atoms with Crippen molar-refractivity contribution in [3.8, 4) is 0 Å². The molecule has 1 heterocycles. The highest BCUT2D eigenvalue weighted by Gasteiger charge is 2.19. The number of nitrogens with zero attached hydrogens (tertiary/aromatic N) is 1. The molecule has 1 aromatic heterocycles. The summed E-state index contributed by atoms with van der Waals surface area (Å²) in [6.45, 7) is 1.49. The lowest BCUT2D eigenvalue weighted by Crippen LogP contribution is -2.12. The molecule has 0 saturated carbocycles. The lowest BCUT2D eigenvalue weighted by molar-refractivity contribution is 0.0593. The maximum absolute atomic E-state index is 12.7. The number of pyridine rings is 1. The quantitative estimate of drug-likeness (QED) is 0.800. The van der Waals surface area contributed by atoms with E-state index >= 15 is 0 Å². The highest BCUT2D eigenvalue weighted by Crippen LogP contribution is 2.25. The number of aryl methyl sites for hydroxylation is 1. The number of aromatic nitrogens is 1. The van der Waals surface area contributed by atoms with Crippen molar-refractivity contribution in [1.29, 1.82) is 0 Å². The second kappa shape index (κ2) is 4.98. The van der Waals surface area contributed by atoms with E-state index < -0.39 is 12.4 Å². The number of nitrogens with two attached hydrogens (primary N) is 1. The molecule has 0 spiro atoms. The van der Waals surface area contributed by atoms with Crippen molar-refractivity contribution in [3.05, 3.63) is 28.6 Å². The van der Waals surface area contributed by atoms with Crippen molar-refractivity contribution in [2.45, 2.75) is 19.9 Å². The molecule has 2 N–H and O–H groups in total. The molecule has 1 aromatic rings. The molecule has 0 bridgehead atoms. The van der Waals surface area contributed by atoms with E-state index in [-0.39, 0.29) is 23.4 Å². The number of hydrogen-bond donors (Lipinski definition) is 1. The fraction of sp³-hybridized carbons (Fsp3) is 0.400. The van der Waals surface area contributed by atoms with Crippen molar-refractivity contribution in [3.63, 3.8) is 0 Å². The van der Waals surface area contributed by atoms with Gasteiger partial charge < -0.3 is 10.5 Å². The van der Waals surface area contributed by atoms with Gasteiger partial charge in [0.25, 0.3) is 6.43 Å². The van der Waals surface area contributed by atoms with E-state index in [2.05, 4.69) is 9.72 Å². The van der Waals surface area contributed by atoms with Gasteiger partial charge in [0, 0.05) is 17.8 Å². The van der Waals surface area contributed by atoms with Gasteiger partial charge in [-0.2, -0.15) is 0 Å². The average Bonchev–Trinajstić information content (AvgIpc) is 2.26. The van der Waals surface area contributed by atoms with Crippen molar-refractivity contribution >= 4 is 5.97 Å². The fourth-order valence-corrected chi connectivity index (χ4v) is 1.39. The molecule has 0 fully saturated rings. The monoisotopic (exact) mass is 230 g/mol. The molecule has 1 rings (SSSR count). The van der Waals surface area contributed by atoms with Crippen LogP contribution in [0.25, 0.3) is 0 Å². The van der Waals surface area contributed by atoms with E-state index in [1.54, 1.807) is 0 Å². The molecule has 6 heteroatoms. The Morgan fingerprint density at radius 1 is 1.62 bits per heavy atom. The van der Waals surface area contributed by atoms with Crippen molar-refractivity contribution < 1.29 is 18.3 Å². The third-order valence-electron chi connectivity index (χ3n) is 2.20. The number of carbonyl (C=O) groups is 1. The predicted octanol–water partition coefficient (Wildman–Crippen LogP) is 1.57. The topological polar surface area (TPSA) is 65.2 Å². The molecule has 0 amide bonds. The normalized spacial score (nSPS) is 10.6. The predicted molar refractivity (Wildman–Crippen MR) is 53.2 cm³/mol. The Balaban J connectivity index is 3.33. The second-order valence-electron chi connectivity index (χ2n) is 3.16. The van der Waals surface area contributed by atoms with Crippen LogP contribution in [0.4, 0.5) is 8.78 Å². The first-order valence-corrected chi connectivity index (χ1v) is 4.58. The van der Waals surface area contributed by atoms with E-state index in [0.29, 0.717) is 5.69 Å². The molecule has 0 aliphatic heterocycles. The number of rotatable bonds is 3. The van der Waals surface area contributed by atoms with Gasteiger partial charge in [0.05, 0.1) is 7.11 Å². The molecular formula is C10H12F2N2O2. The van der Waals surface area contributed by atoms with Crippen LogP contribution in [0.15, 0.2) is 6.07 Å². The molecule has 0 atom stereocenters. The molecule has 16 heavy (non-hydrogen) atoms. The molecule has 0 unspecified atom stereocenters. The summed E-state index contributed by atoms with van der Waals surface area (Å²) in [6.07, 6.45) is -2.69. The SMILES string of the molecule is COC(=O)c1cc(C(F)F)c(CN)c(C)n1. The third kappa shape index (κ3) is 2.33. The van der Waals surface area contributed by atoms with Crippen LogP contribution in [0.3, 0.4) is 0 Å². The van der Waals surface area contributed by atoms with Crippen LogP contribution >= 0.6 is 0 Å². The molecule has 4 nitrogen and oxygen atoms in total. The number of ether oxygens (including phenoxy) is 1. The van der Waals surface area contributed by atoms with Gasteiger partial charge in [0.15, 0.2) is 0 Å².